The summed E-state index contributed by atoms with van der Waals surface area (Å²) in [6.45, 7) is 2.10. The van der Waals surface area contributed by atoms with Crippen LogP contribution in [0.2, 0.25) is 0 Å². The zero-order chi connectivity index (χ0) is 11.8. The van der Waals surface area contributed by atoms with E-state index in [9.17, 15) is 0 Å². The second kappa shape index (κ2) is 4.00. The van der Waals surface area contributed by atoms with Crippen LogP contribution in [0.1, 0.15) is 31.7 Å². The van der Waals surface area contributed by atoms with E-state index in [1.807, 2.05) is 19.2 Å². The van der Waals surface area contributed by atoms with Crippen LogP contribution in [-0.4, -0.2) is 28.1 Å². The third kappa shape index (κ3) is 1.86. The van der Waals surface area contributed by atoms with Crippen LogP contribution in [0.15, 0.2) is 12.1 Å². The summed E-state index contributed by atoms with van der Waals surface area (Å²) in [5, 5.41) is 3.01. The molecule has 0 spiro atoms. The van der Waals surface area contributed by atoms with Gasteiger partial charge in [-0.2, -0.15) is 0 Å². The minimum atomic E-state index is 0.0947. The number of H-pyrrole nitrogens is 1. The molecule has 1 aliphatic heterocycles. The van der Waals surface area contributed by atoms with Gasteiger partial charge in [-0.05, 0) is 31.9 Å². The van der Waals surface area contributed by atoms with Crippen molar-refractivity contribution >= 4 is 17.0 Å². The molecule has 1 saturated heterocycles. The number of nitrogens with one attached hydrogen (secondary N) is 2. The number of rotatable bonds is 2. The standard InChI is InChI=1S/C12H16N4O/c1-7-3-5-9(17-7)12-14-8-4-6-10(13-2)15-11(8)16-12/h4,6-7,9H,3,5H2,1-2H3,(H2,13,14,15,16). The molecule has 5 nitrogen and oxygen atoms in total. The molecule has 3 rings (SSSR count). The highest BCUT2D eigenvalue weighted by atomic mass is 16.5. The van der Waals surface area contributed by atoms with Crippen LogP contribution in [-0.2, 0) is 4.74 Å². The molecule has 0 aliphatic carbocycles. The Bertz CT molecular complexity index is 536. The van der Waals surface area contributed by atoms with E-state index < -0.39 is 0 Å². The highest BCUT2D eigenvalue weighted by molar-refractivity contribution is 5.72. The number of aromatic amines is 1. The summed E-state index contributed by atoms with van der Waals surface area (Å²) >= 11 is 0. The molecular weight excluding hydrogens is 216 g/mol. The minimum Gasteiger partial charge on any atom is -0.373 e. The van der Waals surface area contributed by atoms with Crippen LogP contribution in [0.3, 0.4) is 0 Å². The highest BCUT2D eigenvalue weighted by Gasteiger charge is 2.26. The topological polar surface area (TPSA) is 62.8 Å². The van der Waals surface area contributed by atoms with Gasteiger partial charge in [-0.3, -0.25) is 0 Å². The summed E-state index contributed by atoms with van der Waals surface area (Å²) in [6.07, 6.45) is 2.54. The molecule has 0 saturated carbocycles. The maximum atomic E-state index is 5.80. The van der Waals surface area contributed by atoms with Gasteiger partial charge in [0.1, 0.15) is 17.7 Å². The fraction of sp³-hybridized carbons (Fsp3) is 0.500. The van der Waals surface area contributed by atoms with Crippen LogP contribution >= 0.6 is 0 Å². The van der Waals surface area contributed by atoms with Gasteiger partial charge in [-0.1, -0.05) is 0 Å². The number of hydrogen-bond donors (Lipinski definition) is 2. The molecule has 2 N–H and O–H groups in total. The maximum absolute atomic E-state index is 5.80. The van der Waals surface area contributed by atoms with E-state index in [4.69, 9.17) is 4.74 Å². The lowest BCUT2D eigenvalue weighted by atomic mass is 10.2. The van der Waals surface area contributed by atoms with E-state index in [-0.39, 0.29) is 6.10 Å². The number of nitrogens with zero attached hydrogens (tertiary/aromatic N) is 2. The Labute approximate surface area is 99.6 Å². The normalized spacial score (nSPS) is 24.4. The molecule has 17 heavy (non-hydrogen) atoms. The smallest absolute Gasteiger partial charge is 0.179 e. The SMILES string of the molecule is CNc1ccc2[nH]c(C3CCC(C)O3)nc2n1. The Morgan fingerprint density at radius 1 is 1.35 bits per heavy atom. The van der Waals surface area contributed by atoms with Gasteiger partial charge in [-0.15, -0.1) is 0 Å². The van der Waals surface area contributed by atoms with Crippen molar-refractivity contribution < 1.29 is 4.74 Å². The van der Waals surface area contributed by atoms with E-state index in [1.54, 1.807) is 0 Å². The van der Waals surface area contributed by atoms with Crippen LogP contribution in [0.25, 0.3) is 11.2 Å². The Morgan fingerprint density at radius 3 is 2.94 bits per heavy atom. The number of anilines is 1. The first-order chi connectivity index (χ1) is 8.26. The molecule has 2 aromatic rings. The van der Waals surface area contributed by atoms with E-state index in [2.05, 4.69) is 27.2 Å². The Balaban J connectivity index is 1.96. The predicted octanol–water partition coefficient (Wildman–Crippen LogP) is 2.24. The van der Waals surface area contributed by atoms with Crippen molar-refractivity contribution in [3.8, 4) is 0 Å². The molecule has 90 valence electrons. The summed E-state index contributed by atoms with van der Waals surface area (Å²) in [5.41, 5.74) is 1.71. The third-order valence-electron chi connectivity index (χ3n) is 3.16. The van der Waals surface area contributed by atoms with E-state index >= 15 is 0 Å². The molecule has 1 aliphatic rings. The van der Waals surface area contributed by atoms with Crippen molar-refractivity contribution in [1.82, 2.24) is 15.0 Å². The van der Waals surface area contributed by atoms with Crippen LogP contribution in [0.4, 0.5) is 5.82 Å². The van der Waals surface area contributed by atoms with E-state index in [0.717, 1.165) is 35.6 Å². The van der Waals surface area contributed by atoms with Gasteiger partial charge in [0, 0.05) is 7.05 Å². The third-order valence-corrected chi connectivity index (χ3v) is 3.16. The summed E-state index contributed by atoms with van der Waals surface area (Å²) in [6, 6.07) is 3.92. The number of imidazole rings is 1. The van der Waals surface area contributed by atoms with Crippen molar-refractivity contribution in [1.29, 1.82) is 0 Å². The van der Waals surface area contributed by atoms with Gasteiger partial charge < -0.3 is 15.0 Å². The van der Waals surface area contributed by atoms with Crippen molar-refractivity contribution in [3.63, 3.8) is 0 Å². The lowest BCUT2D eigenvalue weighted by molar-refractivity contribution is 0.0510. The Kier molecular flexibility index (Phi) is 2.48. The summed E-state index contributed by atoms with van der Waals surface area (Å²) in [5.74, 6) is 1.72. The van der Waals surface area contributed by atoms with Crippen molar-refractivity contribution in [2.75, 3.05) is 12.4 Å². The Hall–Kier alpha value is -1.62. The average molecular weight is 232 g/mol. The molecule has 3 heterocycles. The zero-order valence-electron chi connectivity index (χ0n) is 10.0. The maximum Gasteiger partial charge on any atom is 0.179 e. The second-order valence-corrected chi connectivity index (χ2v) is 4.45. The first-order valence-electron chi connectivity index (χ1n) is 5.96. The van der Waals surface area contributed by atoms with Gasteiger partial charge >= 0.3 is 0 Å². The molecule has 0 bridgehead atoms. The molecule has 1 fully saturated rings. The first-order valence-corrected chi connectivity index (χ1v) is 5.96. The minimum absolute atomic E-state index is 0.0947. The highest BCUT2D eigenvalue weighted by Crippen LogP contribution is 2.31. The number of fused-ring (bicyclic) bond motifs is 1. The first kappa shape index (κ1) is 10.5. The van der Waals surface area contributed by atoms with Crippen LogP contribution in [0, 0.1) is 0 Å². The number of ether oxygens (including phenoxy) is 1. The second-order valence-electron chi connectivity index (χ2n) is 4.45. The lowest BCUT2D eigenvalue weighted by Crippen LogP contribution is -2.02. The lowest BCUT2D eigenvalue weighted by Gasteiger charge is -2.06. The molecule has 2 atom stereocenters. The van der Waals surface area contributed by atoms with Crippen molar-refractivity contribution in [3.05, 3.63) is 18.0 Å². The summed E-state index contributed by atoms with van der Waals surface area (Å²) in [7, 11) is 1.85. The fourth-order valence-electron chi connectivity index (χ4n) is 2.21. The zero-order valence-corrected chi connectivity index (χ0v) is 10.0. The number of aromatic nitrogens is 3. The monoisotopic (exact) mass is 232 g/mol. The molecule has 2 unspecified atom stereocenters. The summed E-state index contributed by atoms with van der Waals surface area (Å²) in [4.78, 5) is 12.2. The molecule has 5 heteroatoms. The molecule has 0 radical (unpaired) electrons. The predicted molar refractivity (Wildman–Crippen MR) is 66.0 cm³/mol. The number of pyridine rings is 1. The molecule has 0 amide bonds. The Morgan fingerprint density at radius 2 is 2.24 bits per heavy atom. The van der Waals surface area contributed by atoms with Crippen LogP contribution in [0.5, 0.6) is 0 Å². The van der Waals surface area contributed by atoms with E-state index in [1.165, 1.54) is 0 Å². The molecule has 2 aromatic heterocycles. The van der Waals surface area contributed by atoms with Gasteiger partial charge in [0.25, 0.3) is 0 Å². The van der Waals surface area contributed by atoms with Gasteiger partial charge in [0.2, 0.25) is 0 Å². The molecule has 0 aromatic carbocycles. The largest absolute Gasteiger partial charge is 0.373 e. The number of hydrogen-bond acceptors (Lipinski definition) is 4. The van der Waals surface area contributed by atoms with Gasteiger partial charge in [0.15, 0.2) is 5.65 Å². The fourth-order valence-corrected chi connectivity index (χ4v) is 2.21. The average Bonchev–Trinajstić information content (AvgIpc) is 2.93. The quantitative estimate of drug-likeness (QED) is 0.833. The van der Waals surface area contributed by atoms with Crippen LogP contribution < -0.4 is 5.32 Å². The van der Waals surface area contributed by atoms with Gasteiger partial charge in [-0.25, -0.2) is 9.97 Å². The molecular formula is C12H16N4O. The van der Waals surface area contributed by atoms with Crippen molar-refractivity contribution in [2.45, 2.75) is 32.0 Å². The van der Waals surface area contributed by atoms with E-state index in [0.29, 0.717) is 6.10 Å². The van der Waals surface area contributed by atoms with Crippen molar-refractivity contribution in [2.24, 2.45) is 0 Å². The van der Waals surface area contributed by atoms with Gasteiger partial charge in [0.05, 0.1) is 11.6 Å². The summed E-state index contributed by atoms with van der Waals surface area (Å²) < 4.78 is 5.80.